The van der Waals surface area contributed by atoms with E-state index in [0.29, 0.717) is 17.0 Å². The summed E-state index contributed by atoms with van der Waals surface area (Å²) in [6.07, 6.45) is 5.36. The maximum Gasteiger partial charge on any atom is 0.251 e. The highest BCUT2D eigenvalue weighted by Crippen LogP contribution is 2.39. The summed E-state index contributed by atoms with van der Waals surface area (Å²) in [6, 6.07) is 8.35. The van der Waals surface area contributed by atoms with E-state index in [4.69, 9.17) is 17.2 Å². The zero-order valence-corrected chi connectivity index (χ0v) is 17.1. The minimum atomic E-state index is -0.623. The molecule has 9 heteroatoms. The Morgan fingerprint density at radius 3 is 2.45 bits per heavy atom. The van der Waals surface area contributed by atoms with E-state index in [1.165, 1.54) is 18.3 Å². The van der Waals surface area contributed by atoms with Gasteiger partial charge in [0.15, 0.2) is 0 Å². The predicted molar refractivity (Wildman–Crippen MR) is 116 cm³/mol. The van der Waals surface area contributed by atoms with Crippen molar-refractivity contribution in [1.29, 1.82) is 0 Å². The first kappa shape index (κ1) is 20.6. The zero-order chi connectivity index (χ0) is 22.1. The number of nitrogen functional groups attached to an aromatic ring is 1. The normalized spacial score (nSPS) is 22.6. The molecule has 2 heterocycles. The van der Waals surface area contributed by atoms with Crippen LogP contribution in [0.15, 0.2) is 36.5 Å². The number of hydrogen-bond donors (Lipinski definition) is 4. The molecule has 0 bridgehead atoms. The van der Waals surface area contributed by atoms with Gasteiger partial charge in [-0.2, -0.15) is 0 Å². The smallest absolute Gasteiger partial charge is 0.251 e. The summed E-state index contributed by atoms with van der Waals surface area (Å²) in [5.41, 5.74) is 17.6. The highest BCUT2D eigenvalue weighted by molar-refractivity contribution is 6.01. The van der Waals surface area contributed by atoms with E-state index in [1.807, 2.05) is 6.07 Å². The molecule has 3 amide bonds. The van der Waals surface area contributed by atoms with Crippen LogP contribution in [0.3, 0.4) is 0 Å². The number of carbonyl (C=O) groups excluding carboxylic acids is 3. The fourth-order valence-corrected chi connectivity index (χ4v) is 4.79. The Morgan fingerprint density at radius 2 is 1.81 bits per heavy atom. The number of hydrogen-bond acceptors (Lipinski definition) is 6. The summed E-state index contributed by atoms with van der Waals surface area (Å²) in [5, 5.41) is 3.10. The molecule has 3 atom stereocenters. The lowest BCUT2D eigenvalue weighted by atomic mass is 9.92. The van der Waals surface area contributed by atoms with Gasteiger partial charge in [-0.25, -0.2) is 4.98 Å². The van der Waals surface area contributed by atoms with Gasteiger partial charge in [0.2, 0.25) is 5.91 Å². The number of nitrogens with zero attached hydrogens (tertiary/aromatic N) is 2. The number of nitrogens with one attached hydrogen (secondary N) is 1. The molecule has 2 aliphatic rings. The van der Waals surface area contributed by atoms with Gasteiger partial charge in [0.1, 0.15) is 5.82 Å². The van der Waals surface area contributed by atoms with Gasteiger partial charge in [-0.15, -0.1) is 0 Å². The van der Waals surface area contributed by atoms with Crippen molar-refractivity contribution in [2.45, 2.75) is 37.8 Å². The Bertz CT molecular complexity index is 1020. The van der Waals surface area contributed by atoms with E-state index in [1.54, 1.807) is 12.1 Å². The molecule has 1 aromatic heterocycles. The molecular formula is C22H26N6O3. The molecule has 0 spiro atoms. The molecule has 1 aliphatic carbocycles. The summed E-state index contributed by atoms with van der Waals surface area (Å²) >= 11 is 0. The maximum absolute atomic E-state index is 12.7. The molecule has 2 fully saturated rings. The SMILES string of the molecule is NC(=O)c1ccc(N2CCCC3CC(NC(=O)c4ccc(C(N)=O)c(N)c4)CC32)nc1. The van der Waals surface area contributed by atoms with Crippen molar-refractivity contribution in [1.82, 2.24) is 10.3 Å². The van der Waals surface area contributed by atoms with Crippen LogP contribution in [0, 0.1) is 5.92 Å². The molecular weight excluding hydrogens is 396 g/mol. The molecule has 1 saturated carbocycles. The Labute approximate surface area is 180 Å². The summed E-state index contributed by atoms with van der Waals surface area (Å²) < 4.78 is 0. The Morgan fingerprint density at radius 1 is 1.03 bits per heavy atom. The molecule has 2 aromatic rings. The molecule has 1 aliphatic heterocycles. The summed E-state index contributed by atoms with van der Waals surface area (Å²) in [6.45, 7) is 0.885. The van der Waals surface area contributed by atoms with Crippen LogP contribution in [0.1, 0.15) is 56.8 Å². The van der Waals surface area contributed by atoms with Gasteiger partial charge in [0.25, 0.3) is 11.8 Å². The summed E-state index contributed by atoms with van der Waals surface area (Å²) in [4.78, 5) is 42.1. The average Bonchev–Trinajstić information content (AvgIpc) is 3.15. The fraction of sp³-hybridized carbons (Fsp3) is 0.364. The van der Waals surface area contributed by atoms with Crippen LogP contribution in [0.2, 0.25) is 0 Å². The third kappa shape index (κ3) is 4.16. The van der Waals surface area contributed by atoms with E-state index < -0.39 is 11.8 Å². The fourth-order valence-electron chi connectivity index (χ4n) is 4.79. The van der Waals surface area contributed by atoms with Crippen LogP contribution in [0.25, 0.3) is 0 Å². The lowest BCUT2D eigenvalue weighted by Crippen LogP contribution is -2.43. The molecule has 1 aromatic carbocycles. The van der Waals surface area contributed by atoms with Gasteiger partial charge >= 0.3 is 0 Å². The monoisotopic (exact) mass is 422 g/mol. The average molecular weight is 422 g/mol. The van der Waals surface area contributed by atoms with Gasteiger partial charge < -0.3 is 27.4 Å². The topological polar surface area (TPSA) is 157 Å². The Kier molecular flexibility index (Phi) is 5.50. The van der Waals surface area contributed by atoms with Crippen LogP contribution in [-0.4, -0.2) is 41.3 Å². The molecule has 1 saturated heterocycles. The van der Waals surface area contributed by atoms with Crippen LogP contribution in [0.5, 0.6) is 0 Å². The second-order valence-corrected chi connectivity index (χ2v) is 8.24. The van der Waals surface area contributed by atoms with E-state index in [9.17, 15) is 14.4 Å². The highest BCUT2D eigenvalue weighted by atomic mass is 16.2. The summed E-state index contributed by atoms with van der Waals surface area (Å²) in [7, 11) is 0. The maximum atomic E-state index is 12.7. The number of aromatic nitrogens is 1. The number of amides is 3. The quantitative estimate of drug-likeness (QED) is 0.527. The van der Waals surface area contributed by atoms with Crippen molar-refractivity contribution in [3.63, 3.8) is 0 Å². The van der Waals surface area contributed by atoms with Crippen molar-refractivity contribution < 1.29 is 14.4 Å². The lowest BCUT2D eigenvalue weighted by molar-refractivity contribution is 0.0934. The molecule has 3 unspecified atom stereocenters. The number of piperidine rings is 1. The van der Waals surface area contributed by atoms with E-state index >= 15 is 0 Å². The largest absolute Gasteiger partial charge is 0.398 e. The Balaban J connectivity index is 1.44. The van der Waals surface area contributed by atoms with Gasteiger partial charge in [0.05, 0.1) is 11.1 Å². The third-order valence-electron chi connectivity index (χ3n) is 6.27. The van der Waals surface area contributed by atoms with Crippen molar-refractivity contribution >= 4 is 29.2 Å². The van der Waals surface area contributed by atoms with E-state index in [-0.39, 0.29) is 29.2 Å². The molecule has 4 rings (SSSR count). The predicted octanol–water partition coefficient (Wildman–Crippen LogP) is 1.04. The van der Waals surface area contributed by atoms with Gasteiger partial charge in [-0.3, -0.25) is 14.4 Å². The molecule has 7 N–H and O–H groups in total. The second-order valence-electron chi connectivity index (χ2n) is 8.24. The second kappa shape index (κ2) is 8.25. The standard InChI is InChI=1S/C22H26N6O3/c23-17-9-13(3-5-16(17)21(25)30)22(31)27-15-8-12-2-1-7-28(18(12)10-15)19-6-4-14(11-26-19)20(24)29/h3-6,9,11-12,15,18H,1-2,7-8,10,23H2,(H2,24,29)(H2,25,30)(H,27,31). The molecule has 162 valence electrons. The van der Waals surface area contributed by atoms with Crippen molar-refractivity contribution in [2.75, 3.05) is 17.2 Å². The Hall–Kier alpha value is -3.62. The first-order chi connectivity index (χ1) is 14.8. The van der Waals surface area contributed by atoms with Crippen LogP contribution >= 0.6 is 0 Å². The van der Waals surface area contributed by atoms with Crippen molar-refractivity contribution in [3.05, 3.63) is 53.2 Å². The van der Waals surface area contributed by atoms with Gasteiger partial charge in [-0.1, -0.05) is 0 Å². The van der Waals surface area contributed by atoms with Crippen molar-refractivity contribution in [3.8, 4) is 0 Å². The van der Waals surface area contributed by atoms with E-state index in [2.05, 4.69) is 15.2 Å². The number of carbonyl (C=O) groups is 3. The van der Waals surface area contributed by atoms with E-state index in [0.717, 1.165) is 38.0 Å². The minimum Gasteiger partial charge on any atom is -0.398 e. The van der Waals surface area contributed by atoms with Crippen LogP contribution in [0.4, 0.5) is 11.5 Å². The number of pyridine rings is 1. The first-order valence-corrected chi connectivity index (χ1v) is 10.4. The first-order valence-electron chi connectivity index (χ1n) is 10.4. The third-order valence-corrected chi connectivity index (χ3v) is 6.27. The highest BCUT2D eigenvalue weighted by Gasteiger charge is 2.41. The van der Waals surface area contributed by atoms with Crippen LogP contribution in [-0.2, 0) is 0 Å². The van der Waals surface area contributed by atoms with Crippen LogP contribution < -0.4 is 27.4 Å². The van der Waals surface area contributed by atoms with Gasteiger partial charge in [0, 0.05) is 36.1 Å². The number of rotatable bonds is 5. The number of benzene rings is 1. The van der Waals surface area contributed by atoms with Gasteiger partial charge in [-0.05, 0) is 61.9 Å². The number of primary amides is 2. The van der Waals surface area contributed by atoms with Crippen molar-refractivity contribution in [2.24, 2.45) is 17.4 Å². The zero-order valence-electron chi connectivity index (χ0n) is 17.1. The molecule has 9 nitrogen and oxygen atoms in total. The lowest BCUT2D eigenvalue weighted by Gasteiger charge is -2.38. The summed E-state index contributed by atoms with van der Waals surface area (Å²) in [5.74, 6) is -0.0621. The molecule has 31 heavy (non-hydrogen) atoms. The number of fused-ring (bicyclic) bond motifs is 1. The minimum absolute atomic E-state index is 0.0324. The number of anilines is 2. The molecule has 0 radical (unpaired) electrons. The number of nitrogens with two attached hydrogens (primary N) is 3.